The molecule has 2 heterocycles. The Morgan fingerprint density at radius 3 is 2.57 bits per heavy atom. The highest BCUT2D eigenvalue weighted by atomic mass is 79.9. The molecule has 108 valence electrons. The molecule has 0 spiro atoms. The molecule has 0 unspecified atom stereocenters. The van der Waals surface area contributed by atoms with Crippen LogP contribution in [0.25, 0.3) is 11.5 Å². The van der Waals surface area contributed by atoms with E-state index < -0.39 is 10.0 Å². The van der Waals surface area contributed by atoms with Gasteiger partial charge in [0.05, 0.1) is 0 Å². The van der Waals surface area contributed by atoms with Gasteiger partial charge in [-0.25, -0.2) is 13.1 Å². The zero-order valence-electron chi connectivity index (χ0n) is 10.4. The van der Waals surface area contributed by atoms with Gasteiger partial charge in [-0.2, -0.15) is 0 Å². The maximum atomic E-state index is 12.2. The lowest BCUT2D eigenvalue weighted by Gasteiger charge is -2.01. The van der Waals surface area contributed by atoms with E-state index in [0.29, 0.717) is 10.0 Å². The number of benzene rings is 1. The zero-order chi connectivity index (χ0) is 14.9. The van der Waals surface area contributed by atoms with Crippen molar-refractivity contribution < 1.29 is 12.8 Å². The Hall–Kier alpha value is -1.71. The molecule has 2 aromatic heterocycles. The van der Waals surface area contributed by atoms with E-state index in [1.165, 1.54) is 0 Å². The van der Waals surface area contributed by atoms with Crippen LogP contribution in [0.3, 0.4) is 0 Å². The smallest absolute Gasteiger partial charge is 0.330 e. The van der Waals surface area contributed by atoms with E-state index in [4.69, 9.17) is 4.42 Å². The van der Waals surface area contributed by atoms with Crippen LogP contribution in [0.1, 0.15) is 0 Å². The second kappa shape index (κ2) is 5.58. The Balaban J connectivity index is 1.87. The molecule has 0 atom stereocenters. The predicted octanol–water partition coefficient (Wildman–Crippen LogP) is 3.36. The fourth-order valence-corrected chi connectivity index (χ4v) is 4.86. The number of anilines is 1. The van der Waals surface area contributed by atoms with Crippen molar-refractivity contribution in [3.05, 3.63) is 46.3 Å². The van der Waals surface area contributed by atoms with Crippen LogP contribution in [0.4, 0.5) is 6.01 Å². The van der Waals surface area contributed by atoms with Gasteiger partial charge in [0, 0.05) is 10.0 Å². The highest BCUT2D eigenvalue weighted by molar-refractivity contribution is 9.10. The third-order valence-corrected chi connectivity index (χ3v) is 6.49. The number of hydrogen-bond acceptors (Lipinski definition) is 6. The summed E-state index contributed by atoms with van der Waals surface area (Å²) in [7, 11) is -3.74. The number of nitrogens with zero attached hydrogens (tertiary/aromatic N) is 2. The first-order valence-electron chi connectivity index (χ1n) is 5.71. The van der Waals surface area contributed by atoms with E-state index in [2.05, 4.69) is 30.8 Å². The van der Waals surface area contributed by atoms with Crippen molar-refractivity contribution in [1.82, 2.24) is 10.2 Å². The second-order valence-corrected chi connectivity index (χ2v) is 7.59. The first-order chi connectivity index (χ1) is 10.1. The molecule has 0 fully saturated rings. The van der Waals surface area contributed by atoms with Gasteiger partial charge in [0.2, 0.25) is 5.89 Å². The summed E-state index contributed by atoms with van der Waals surface area (Å²) in [6.45, 7) is 0. The van der Waals surface area contributed by atoms with Crippen molar-refractivity contribution in [3.63, 3.8) is 0 Å². The Labute approximate surface area is 133 Å². The van der Waals surface area contributed by atoms with Gasteiger partial charge in [0.25, 0.3) is 10.0 Å². The summed E-state index contributed by atoms with van der Waals surface area (Å²) in [6.07, 6.45) is 0. The molecular formula is C12H8BrN3O3S2. The molecule has 0 radical (unpaired) electrons. The van der Waals surface area contributed by atoms with E-state index in [-0.39, 0.29) is 16.1 Å². The lowest BCUT2D eigenvalue weighted by Crippen LogP contribution is -2.12. The molecule has 0 aliphatic rings. The molecule has 0 bridgehead atoms. The molecule has 1 N–H and O–H groups in total. The largest absolute Gasteiger partial charge is 0.403 e. The summed E-state index contributed by atoms with van der Waals surface area (Å²) >= 11 is 4.27. The van der Waals surface area contributed by atoms with Crippen LogP contribution in [0.5, 0.6) is 0 Å². The topological polar surface area (TPSA) is 85.1 Å². The van der Waals surface area contributed by atoms with Crippen LogP contribution >= 0.6 is 27.3 Å². The van der Waals surface area contributed by atoms with Crippen LogP contribution in [0, 0.1) is 0 Å². The zero-order valence-corrected chi connectivity index (χ0v) is 13.6. The summed E-state index contributed by atoms with van der Waals surface area (Å²) in [5, 5.41) is 9.19. The molecule has 6 nitrogen and oxygen atoms in total. The maximum absolute atomic E-state index is 12.2. The van der Waals surface area contributed by atoms with E-state index in [1.54, 1.807) is 23.6 Å². The summed E-state index contributed by atoms with van der Waals surface area (Å²) in [5.41, 5.74) is 0.716. The number of halogens is 1. The molecule has 1 aromatic carbocycles. The third kappa shape index (κ3) is 2.99. The van der Waals surface area contributed by atoms with Gasteiger partial charge in [0.1, 0.15) is 0 Å². The monoisotopic (exact) mass is 385 g/mol. The first-order valence-corrected chi connectivity index (χ1v) is 8.86. The lowest BCUT2D eigenvalue weighted by atomic mass is 10.2. The van der Waals surface area contributed by atoms with Crippen molar-refractivity contribution in [3.8, 4) is 11.5 Å². The van der Waals surface area contributed by atoms with Gasteiger partial charge in [-0.3, -0.25) is 0 Å². The van der Waals surface area contributed by atoms with Gasteiger partial charge < -0.3 is 4.42 Å². The highest BCUT2D eigenvalue weighted by Crippen LogP contribution is 2.29. The van der Waals surface area contributed by atoms with Crippen LogP contribution in [-0.4, -0.2) is 18.6 Å². The molecule has 9 heteroatoms. The Morgan fingerprint density at radius 2 is 1.90 bits per heavy atom. The van der Waals surface area contributed by atoms with Gasteiger partial charge in [-0.1, -0.05) is 23.3 Å². The van der Waals surface area contributed by atoms with Crippen molar-refractivity contribution in [2.75, 3.05) is 4.72 Å². The van der Waals surface area contributed by atoms with Gasteiger partial charge in [0.15, 0.2) is 4.21 Å². The summed E-state index contributed by atoms with van der Waals surface area (Å²) in [6, 6.07) is 10.6. The fourth-order valence-electron chi connectivity index (χ4n) is 1.59. The maximum Gasteiger partial charge on any atom is 0.330 e. The highest BCUT2D eigenvalue weighted by Gasteiger charge is 2.22. The second-order valence-electron chi connectivity index (χ2n) is 3.94. The molecule has 0 aliphatic heterocycles. The first kappa shape index (κ1) is 14.2. The molecule has 3 rings (SSSR count). The minimum absolute atomic E-state index is 0.155. The van der Waals surface area contributed by atoms with Crippen LogP contribution < -0.4 is 4.72 Å². The Bertz CT molecular complexity index is 859. The van der Waals surface area contributed by atoms with Gasteiger partial charge in [-0.05, 0) is 39.5 Å². The summed E-state index contributed by atoms with van der Waals surface area (Å²) in [4.78, 5) is 0. The van der Waals surface area contributed by atoms with Crippen LogP contribution in [0.15, 0.2) is 54.9 Å². The van der Waals surface area contributed by atoms with Gasteiger partial charge >= 0.3 is 6.01 Å². The number of aromatic nitrogens is 2. The molecule has 0 saturated heterocycles. The minimum atomic E-state index is -3.74. The number of sulfonamides is 1. The third-order valence-electron chi connectivity index (χ3n) is 2.50. The number of rotatable bonds is 4. The number of hydrogen-bond donors (Lipinski definition) is 1. The van der Waals surface area contributed by atoms with Crippen molar-refractivity contribution in [2.45, 2.75) is 4.21 Å². The molecule has 0 saturated carbocycles. The van der Waals surface area contributed by atoms with Crippen molar-refractivity contribution in [2.24, 2.45) is 0 Å². The van der Waals surface area contributed by atoms with Gasteiger partial charge in [-0.15, -0.1) is 16.4 Å². The van der Waals surface area contributed by atoms with E-state index in [1.807, 2.05) is 18.2 Å². The van der Waals surface area contributed by atoms with Crippen molar-refractivity contribution in [1.29, 1.82) is 0 Å². The number of nitrogens with one attached hydrogen (secondary N) is 1. The standard InChI is InChI=1S/C12H8BrN3O3S2/c13-9-6-7-20-11(9)21(17,18)16-12-15-14-10(19-12)8-4-2-1-3-5-8/h1-7H,(H,15,16). The van der Waals surface area contributed by atoms with Crippen LogP contribution in [-0.2, 0) is 10.0 Å². The Morgan fingerprint density at radius 1 is 1.14 bits per heavy atom. The molecule has 3 aromatic rings. The average Bonchev–Trinajstić information content (AvgIpc) is 3.08. The van der Waals surface area contributed by atoms with Crippen LogP contribution in [0.2, 0.25) is 0 Å². The predicted molar refractivity (Wildman–Crippen MR) is 82.6 cm³/mol. The van der Waals surface area contributed by atoms with E-state index in [9.17, 15) is 8.42 Å². The summed E-state index contributed by atoms with van der Waals surface area (Å²) < 4.78 is 32.6. The molecule has 0 aliphatic carbocycles. The van der Waals surface area contributed by atoms with E-state index in [0.717, 1.165) is 11.3 Å². The molecular weight excluding hydrogens is 378 g/mol. The average molecular weight is 386 g/mol. The fraction of sp³-hybridized carbons (Fsp3) is 0. The number of thiophene rings is 1. The summed E-state index contributed by atoms with van der Waals surface area (Å²) in [5.74, 6) is 0.249. The Kier molecular flexibility index (Phi) is 3.79. The van der Waals surface area contributed by atoms with Crippen molar-refractivity contribution >= 4 is 43.3 Å². The van der Waals surface area contributed by atoms with E-state index >= 15 is 0 Å². The molecule has 21 heavy (non-hydrogen) atoms. The quantitative estimate of drug-likeness (QED) is 0.743. The lowest BCUT2D eigenvalue weighted by molar-refractivity contribution is 0.578. The normalized spacial score (nSPS) is 11.5. The molecule has 0 amide bonds. The minimum Gasteiger partial charge on any atom is -0.403 e. The SMILES string of the molecule is O=S(=O)(Nc1nnc(-c2ccccc2)o1)c1sccc1Br.